The summed E-state index contributed by atoms with van der Waals surface area (Å²) in [7, 11) is 3.58. The summed E-state index contributed by atoms with van der Waals surface area (Å²) in [5.41, 5.74) is 7.78. The molecule has 4 heteroatoms. The van der Waals surface area contributed by atoms with E-state index in [0.717, 1.165) is 17.9 Å². The molecule has 0 heterocycles. The van der Waals surface area contributed by atoms with Crippen LogP contribution in [0.25, 0.3) is 0 Å². The number of carbonyl (C=O) groups is 1. The lowest BCUT2D eigenvalue weighted by Crippen LogP contribution is -2.21. The summed E-state index contributed by atoms with van der Waals surface area (Å²) in [6.07, 6.45) is 1.51. The number of nitrogens with two attached hydrogens (primary N) is 1. The minimum absolute atomic E-state index is 0.190. The molecule has 0 saturated heterocycles. The Morgan fingerprint density at radius 3 is 2.76 bits per heavy atom. The van der Waals surface area contributed by atoms with E-state index in [-0.39, 0.29) is 5.91 Å². The van der Waals surface area contributed by atoms with Crippen molar-refractivity contribution in [2.24, 2.45) is 0 Å². The monoisotopic (exact) mass is 252 g/mol. The van der Waals surface area contributed by atoms with Crippen molar-refractivity contribution in [3.05, 3.63) is 23.8 Å². The Hall–Kier alpha value is -1.16. The second-order valence-electron chi connectivity index (χ2n) is 4.27. The first-order valence-electron chi connectivity index (χ1n) is 5.70. The standard InChI is InChI=1S/C13H20N2OS/c1-10-6-7-11(14)9-12(10)17-8-4-5-13(16)15(2)3/h6-7,9H,4-5,8,14H2,1-3H3. The summed E-state index contributed by atoms with van der Waals surface area (Å²) in [5.74, 6) is 1.14. The molecular formula is C13H20N2OS. The van der Waals surface area contributed by atoms with E-state index in [1.807, 2.05) is 18.2 Å². The molecule has 0 spiro atoms. The van der Waals surface area contributed by atoms with Gasteiger partial charge in [0.15, 0.2) is 0 Å². The minimum atomic E-state index is 0.190. The number of carbonyl (C=O) groups excluding carboxylic acids is 1. The van der Waals surface area contributed by atoms with E-state index in [1.54, 1.807) is 30.8 Å². The molecule has 0 unspecified atom stereocenters. The van der Waals surface area contributed by atoms with Gasteiger partial charge in [-0.2, -0.15) is 0 Å². The Balaban J connectivity index is 2.36. The van der Waals surface area contributed by atoms with Crippen LogP contribution < -0.4 is 5.73 Å². The van der Waals surface area contributed by atoms with Crippen molar-refractivity contribution in [2.75, 3.05) is 25.6 Å². The van der Waals surface area contributed by atoms with Gasteiger partial charge in [0, 0.05) is 31.1 Å². The molecular weight excluding hydrogens is 232 g/mol. The number of amides is 1. The van der Waals surface area contributed by atoms with Crippen molar-refractivity contribution in [1.29, 1.82) is 0 Å². The number of hydrogen-bond acceptors (Lipinski definition) is 3. The van der Waals surface area contributed by atoms with Crippen LogP contribution in [-0.4, -0.2) is 30.7 Å². The molecule has 2 N–H and O–H groups in total. The predicted molar refractivity (Wildman–Crippen MR) is 74.2 cm³/mol. The van der Waals surface area contributed by atoms with Crippen LogP contribution in [0.5, 0.6) is 0 Å². The van der Waals surface area contributed by atoms with Crippen molar-refractivity contribution < 1.29 is 4.79 Å². The molecule has 3 nitrogen and oxygen atoms in total. The molecule has 17 heavy (non-hydrogen) atoms. The summed E-state index contributed by atoms with van der Waals surface area (Å²) in [6, 6.07) is 5.94. The van der Waals surface area contributed by atoms with E-state index in [9.17, 15) is 4.79 Å². The maximum atomic E-state index is 11.4. The van der Waals surface area contributed by atoms with Crippen LogP contribution in [-0.2, 0) is 4.79 Å². The van der Waals surface area contributed by atoms with E-state index in [2.05, 4.69) is 6.92 Å². The predicted octanol–water partition coefficient (Wildman–Crippen LogP) is 2.54. The van der Waals surface area contributed by atoms with Crippen LogP contribution in [0.1, 0.15) is 18.4 Å². The lowest BCUT2D eigenvalue weighted by Gasteiger charge is -2.10. The minimum Gasteiger partial charge on any atom is -0.399 e. The summed E-state index contributed by atoms with van der Waals surface area (Å²) in [5, 5.41) is 0. The molecule has 0 bridgehead atoms. The quantitative estimate of drug-likeness (QED) is 0.497. The zero-order valence-corrected chi connectivity index (χ0v) is 11.5. The highest BCUT2D eigenvalue weighted by Crippen LogP contribution is 2.25. The van der Waals surface area contributed by atoms with E-state index in [0.29, 0.717) is 6.42 Å². The molecule has 0 aliphatic rings. The molecule has 0 aromatic heterocycles. The van der Waals surface area contributed by atoms with Gasteiger partial charge in [0.1, 0.15) is 0 Å². The number of anilines is 1. The number of nitrogen functional groups attached to an aromatic ring is 1. The maximum Gasteiger partial charge on any atom is 0.222 e. The van der Waals surface area contributed by atoms with E-state index in [4.69, 9.17) is 5.73 Å². The Bertz CT molecular complexity index is 391. The lowest BCUT2D eigenvalue weighted by molar-refractivity contribution is -0.128. The number of benzene rings is 1. The van der Waals surface area contributed by atoms with Crippen LogP contribution in [0.2, 0.25) is 0 Å². The second-order valence-corrected chi connectivity index (χ2v) is 5.40. The number of nitrogens with zero attached hydrogens (tertiary/aromatic N) is 1. The van der Waals surface area contributed by atoms with Gasteiger partial charge in [-0.15, -0.1) is 11.8 Å². The highest BCUT2D eigenvalue weighted by atomic mass is 32.2. The normalized spacial score (nSPS) is 10.3. The summed E-state index contributed by atoms with van der Waals surface area (Å²) in [6.45, 7) is 2.08. The van der Waals surface area contributed by atoms with Crippen LogP contribution >= 0.6 is 11.8 Å². The van der Waals surface area contributed by atoms with Gasteiger partial charge in [-0.1, -0.05) is 6.07 Å². The van der Waals surface area contributed by atoms with Gasteiger partial charge in [-0.3, -0.25) is 4.79 Å². The zero-order valence-electron chi connectivity index (χ0n) is 10.7. The molecule has 0 fully saturated rings. The SMILES string of the molecule is Cc1ccc(N)cc1SCCCC(=O)N(C)C. The van der Waals surface area contributed by atoms with E-state index >= 15 is 0 Å². The van der Waals surface area contributed by atoms with E-state index < -0.39 is 0 Å². The fourth-order valence-corrected chi connectivity index (χ4v) is 2.43. The first kappa shape index (κ1) is 13.9. The summed E-state index contributed by atoms with van der Waals surface area (Å²) < 4.78 is 0. The Morgan fingerprint density at radius 1 is 1.41 bits per heavy atom. The molecule has 0 aliphatic heterocycles. The number of thioether (sulfide) groups is 1. The lowest BCUT2D eigenvalue weighted by atomic mass is 10.2. The Kier molecular flexibility index (Phi) is 5.35. The third kappa shape index (κ3) is 4.69. The van der Waals surface area contributed by atoms with Gasteiger partial charge in [0.25, 0.3) is 0 Å². The molecule has 1 aromatic rings. The van der Waals surface area contributed by atoms with Crippen molar-refractivity contribution in [3.8, 4) is 0 Å². The fraction of sp³-hybridized carbons (Fsp3) is 0.462. The van der Waals surface area contributed by atoms with Crippen molar-refractivity contribution in [1.82, 2.24) is 4.90 Å². The first-order chi connectivity index (χ1) is 8.00. The molecule has 1 aromatic carbocycles. The van der Waals surface area contributed by atoms with Crippen molar-refractivity contribution in [3.63, 3.8) is 0 Å². The number of aryl methyl sites for hydroxylation is 1. The molecule has 1 amide bonds. The van der Waals surface area contributed by atoms with E-state index in [1.165, 1.54) is 10.5 Å². The van der Waals surface area contributed by atoms with Crippen LogP contribution in [0.3, 0.4) is 0 Å². The third-order valence-corrected chi connectivity index (χ3v) is 3.75. The average molecular weight is 252 g/mol. The molecule has 1 rings (SSSR count). The number of hydrogen-bond donors (Lipinski definition) is 1. The zero-order chi connectivity index (χ0) is 12.8. The van der Waals surface area contributed by atoms with Crippen LogP contribution in [0.15, 0.2) is 23.1 Å². The van der Waals surface area contributed by atoms with Gasteiger partial charge < -0.3 is 10.6 Å². The summed E-state index contributed by atoms with van der Waals surface area (Å²) in [4.78, 5) is 14.2. The molecule has 0 atom stereocenters. The van der Waals surface area contributed by atoms with Crippen LogP contribution in [0.4, 0.5) is 5.69 Å². The highest BCUT2D eigenvalue weighted by Gasteiger charge is 2.04. The van der Waals surface area contributed by atoms with Gasteiger partial charge in [-0.25, -0.2) is 0 Å². The Morgan fingerprint density at radius 2 is 2.12 bits per heavy atom. The third-order valence-electron chi connectivity index (χ3n) is 2.50. The molecule has 94 valence electrons. The van der Waals surface area contributed by atoms with Gasteiger partial charge in [0.05, 0.1) is 0 Å². The molecule has 0 aliphatic carbocycles. The van der Waals surface area contributed by atoms with Gasteiger partial charge in [-0.05, 0) is 36.8 Å². The molecule has 0 radical (unpaired) electrons. The first-order valence-corrected chi connectivity index (χ1v) is 6.68. The average Bonchev–Trinajstić information content (AvgIpc) is 2.28. The highest BCUT2D eigenvalue weighted by molar-refractivity contribution is 7.99. The summed E-state index contributed by atoms with van der Waals surface area (Å²) >= 11 is 1.76. The largest absolute Gasteiger partial charge is 0.399 e. The maximum absolute atomic E-state index is 11.4. The molecule has 0 saturated carbocycles. The Labute approximate surface area is 107 Å². The van der Waals surface area contributed by atoms with Crippen LogP contribution in [0, 0.1) is 6.92 Å². The number of rotatable bonds is 5. The van der Waals surface area contributed by atoms with Crippen molar-refractivity contribution in [2.45, 2.75) is 24.7 Å². The second kappa shape index (κ2) is 6.55. The topological polar surface area (TPSA) is 46.3 Å². The van der Waals surface area contributed by atoms with Gasteiger partial charge >= 0.3 is 0 Å². The smallest absolute Gasteiger partial charge is 0.222 e. The van der Waals surface area contributed by atoms with Crippen molar-refractivity contribution >= 4 is 23.4 Å². The fourth-order valence-electron chi connectivity index (χ4n) is 1.40. The van der Waals surface area contributed by atoms with Gasteiger partial charge in [0.2, 0.25) is 5.91 Å².